The summed E-state index contributed by atoms with van der Waals surface area (Å²) in [6.45, 7) is 1.71. The molecule has 156 valence electrons. The third-order valence-corrected chi connectivity index (χ3v) is 5.91. The van der Waals surface area contributed by atoms with E-state index in [0.717, 1.165) is 16.9 Å². The lowest BCUT2D eigenvalue weighted by Crippen LogP contribution is -2.38. The number of allylic oxidation sites excluding steroid dienone is 2. The number of ether oxygens (including phenoxy) is 1. The first kappa shape index (κ1) is 20.7. The van der Waals surface area contributed by atoms with Crippen LogP contribution in [0.25, 0.3) is 12.2 Å². The number of carbonyl (C=O) groups excluding carboxylic acids is 1. The number of benzene rings is 2. The van der Waals surface area contributed by atoms with Gasteiger partial charge in [-0.1, -0.05) is 72.0 Å². The summed E-state index contributed by atoms with van der Waals surface area (Å²) < 4.78 is 20.9. The maximum atomic E-state index is 14.1. The second kappa shape index (κ2) is 8.65. The SMILES string of the molecule is COC(=O)C1=C(C)N=c2s/c(=C\c3ccccc3F)c(=O)n2[C@@H]1/C=C/c1ccccc1. The van der Waals surface area contributed by atoms with Crippen molar-refractivity contribution in [1.29, 1.82) is 0 Å². The highest BCUT2D eigenvalue weighted by Crippen LogP contribution is 2.26. The van der Waals surface area contributed by atoms with Gasteiger partial charge in [0.15, 0.2) is 4.80 Å². The highest BCUT2D eigenvalue weighted by atomic mass is 32.1. The molecule has 31 heavy (non-hydrogen) atoms. The second-order valence-electron chi connectivity index (χ2n) is 6.91. The van der Waals surface area contributed by atoms with Crippen molar-refractivity contribution in [2.75, 3.05) is 7.11 Å². The van der Waals surface area contributed by atoms with E-state index in [0.29, 0.717) is 26.2 Å². The van der Waals surface area contributed by atoms with Crippen LogP contribution in [0.5, 0.6) is 0 Å². The molecule has 0 bridgehead atoms. The molecule has 0 unspecified atom stereocenters. The van der Waals surface area contributed by atoms with E-state index in [9.17, 15) is 14.0 Å². The van der Waals surface area contributed by atoms with Gasteiger partial charge in [-0.25, -0.2) is 14.2 Å². The van der Waals surface area contributed by atoms with E-state index in [-0.39, 0.29) is 5.56 Å². The van der Waals surface area contributed by atoms with E-state index in [1.807, 2.05) is 36.4 Å². The van der Waals surface area contributed by atoms with Gasteiger partial charge in [-0.3, -0.25) is 9.36 Å². The standard InChI is InChI=1S/C24H19FN2O3S/c1-15-21(23(29)30-2)19(13-12-16-8-4-3-5-9-16)27-22(28)20(31-24(27)26-15)14-17-10-6-7-11-18(17)25/h3-14,19H,1-2H3/b13-12+,20-14-/t19-/m1/s1. The largest absolute Gasteiger partial charge is 0.466 e. The maximum absolute atomic E-state index is 14.1. The molecule has 0 spiro atoms. The molecule has 1 aromatic heterocycles. The molecule has 1 aliphatic heterocycles. The first-order valence-electron chi connectivity index (χ1n) is 9.58. The highest BCUT2D eigenvalue weighted by Gasteiger charge is 2.30. The summed E-state index contributed by atoms with van der Waals surface area (Å²) in [4.78, 5) is 30.7. The molecule has 0 amide bonds. The number of methoxy groups -OCH3 is 1. The van der Waals surface area contributed by atoms with Crippen molar-refractivity contribution >= 4 is 29.5 Å². The van der Waals surface area contributed by atoms with Crippen molar-refractivity contribution < 1.29 is 13.9 Å². The van der Waals surface area contributed by atoms with Gasteiger partial charge in [-0.2, -0.15) is 0 Å². The van der Waals surface area contributed by atoms with Crippen LogP contribution in [0.2, 0.25) is 0 Å². The van der Waals surface area contributed by atoms with Crippen molar-refractivity contribution in [2.45, 2.75) is 13.0 Å². The van der Waals surface area contributed by atoms with Gasteiger partial charge in [0.05, 0.1) is 29.0 Å². The Kier molecular flexibility index (Phi) is 5.77. The van der Waals surface area contributed by atoms with Gasteiger partial charge in [-0.05, 0) is 24.6 Å². The number of nitrogens with zero attached hydrogens (tertiary/aromatic N) is 2. The van der Waals surface area contributed by atoms with E-state index in [2.05, 4.69) is 4.99 Å². The number of carbonyl (C=O) groups is 1. The highest BCUT2D eigenvalue weighted by molar-refractivity contribution is 7.07. The van der Waals surface area contributed by atoms with Crippen LogP contribution >= 0.6 is 11.3 Å². The summed E-state index contributed by atoms with van der Waals surface area (Å²) in [6.07, 6.45) is 5.14. The van der Waals surface area contributed by atoms with Crippen molar-refractivity contribution in [3.8, 4) is 0 Å². The molecule has 0 saturated carbocycles. The van der Waals surface area contributed by atoms with Gasteiger partial charge >= 0.3 is 5.97 Å². The van der Waals surface area contributed by atoms with E-state index < -0.39 is 17.8 Å². The van der Waals surface area contributed by atoms with Gasteiger partial charge in [0.2, 0.25) is 0 Å². The summed E-state index contributed by atoms with van der Waals surface area (Å²) >= 11 is 1.16. The third kappa shape index (κ3) is 4.04. The molecule has 0 fully saturated rings. The Morgan fingerprint density at radius 1 is 1.16 bits per heavy atom. The molecule has 0 N–H and O–H groups in total. The predicted molar refractivity (Wildman–Crippen MR) is 119 cm³/mol. The Hall–Kier alpha value is -3.58. The van der Waals surface area contributed by atoms with Crippen LogP contribution in [0.4, 0.5) is 4.39 Å². The molecular weight excluding hydrogens is 415 g/mol. The Bertz CT molecular complexity index is 1380. The first-order valence-corrected chi connectivity index (χ1v) is 10.4. The van der Waals surface area contributed by atoms with Crippen molar-refractivity contribution in [1.82, 2.24) is 4.57 Å². The van der Waals surface area contributed by atoms with Gasteiger partial charge < -0.3 is 4.74 Å². The molecule has 0 aliphatic carbocycles. The molecule has 2 heterocycles. The minimum atomic E-state index is -0.688. The fraction of sp³-hybridized carbons (Fsp3) is 0.125. The van der Waals surface area contributed by atoms with Crippen LogP contribution in [0.1, 0.15) is 24.1 Å². The van der Waals surface area contributed by atoms with Crippen LogP contribution in [0.15, 0.2) is 81.7 Å². The molecule has 0 saturated heterocycles. The molecule has 1 atom stereocenters. The zero-order chi connectivity index (χ0) is 22.0. The molecule has 0 radical (unpaired) electrons. The van der Waals surface area contributed by atoms with E-state index in [4.69, 9.17) is 4.74 Å². The molecule has 4 rings (SSSR count). The monoisotopic (exact) mass is 434 g/mol. The van der Waals surface area contributed by atoms with Crippen molar-refractivity contribution in [3.05, 3.63) is 109 Å². The van der Waals surface area contributed by atoms with Crippen molar-refractivity contribution in [2.24, 2.45) is 4.99 Å². The van der Waals surface area contributed by atoms with Crippen LogP contribution in [-0.2, 0) is 9.53 Å². The second-order valence-corrected chi connectivity index (χ2v) is 7.92. The number of hydrogen-bond donors (Lipinski definition) is 0. The molecule has 1 aliphatic rings. The predicted octanol–water partition coefficient (Wildman–Crippen LogP) is 3.21. The van der Waals surface area contributed by atoms with Crippen LogP contribution < -0.4 is 14.9 Å². The first-order chi connectivity index (χ1) is 15.0. The Balaban J connectivity index is 1.90. The van der Waals surface area contributed by atoms with E-state index in [1.165, 1.54) is 23.8 Å². The number of thiazole rings is 1. The molecule has 3 aromatic rings. The molecule has 2 aromatic carbocycles. The Morgan fingerprint density at radius 3 is 2.58 bits per heavy atom. The lowest BCUT2D eigenvalue weighted by atomic mass is 10.0. The van der Waals surface area contributed by atoms with E-state index in [1.54, 1.807) is 31.2 Å². The van der Waals surface area contributed by atoms with Gasteiger partial charge in [0.1, 0.15) is 5.82 Å². The topological polar surface area (TPSA) is 60.7 Å². The zero-order valence-corrected chi connectivity index (χ0v) is 17.7. The molecule has 7 heteroatoms. The summed E-state index contributed by atoms with van der Waals surface area (Å²) in [5.74, 6) is -0.965. The average molecular weight is 434 g/mol. The number of aromatic nitrogens is 1. The maximum Gasteiger partial charge on any atom is 0.338 e. The fourth-order valence-corrected chi connectivity index (χ4v) is 4.46. The summed E-state index contributed by atoms with van der Waals surface area (Å²) in [6, 6.07) is 15.1. The third-order valence-electron chi connectivity index (χ3n) is 4.93. The zero-order valence-electron chi connectivity index (χ0n) is 16.9. The summed E-state index contributed by atoms with van der Waals surface area (Å²) in [7, 11) is 1.30. The summed E-state index contributed by atoms with van der Waals surface area (Å²) in [5, 5.41) is 0. The normalized spacial score (nSPS) is 16.4. The van der Waals surface area contributed by atoms with Gasteiger partial charge in [0.25, 0.3) is 5.56 Å². The smallest absolute Gasteiger partial charge is 0.338 e. The number of fused-ring (bicyclic) bond motifs is 1. The number of hydrogen-bond acceptors (Lipinski definition) is 5. The Morgan fingerprint density at radius 2 is 1.87 bits per heavy atom. The van der Waals surface area contributed by atoms with Crippen LogP contribution in [-0.4, -0.2) is 17.6 Å². The Labute approximate surface area is 181 Å². The fourth-order valence-electron chi connectivity index (χ4n) is 3.42. The van der Waals surface area contributed by atoms with E-state index >= 15 is 0 Å². The van der Waals surface area contributed by atoms with Gasteiger partial charge in [0, 0.05) is 5.56 Å². The lowest BCUT2D eigenvalue weighted by molar-refractivity contribution is -0.136. The van der Waals surface area contributed by atoms with Crippen molar-refractivity contribution in [3.63, 3.8) is 0 Å². The molecule has 5 nitrogen and oxygen atoms in total. The number of rotatable bonds is 4. The number of halogens is 1. The number of esters is 1. The minimum Gasteiger partial charge on any atom is -0.466 e. The molecular formula is C24H19FN2O3S. The van der Waals surface area contributed by atoms with Gasteiger partial charge in [-0.15, -0.1) is 0 Å². The average Bonchev–Trinajstić information content (AvgIpc) is 3.08. The lowest BCUT2D eigenvalue weighted by Gasteiger charge is -2.21. The van der Waals surface area contributed by atoms with Crippen LogP contribution in [0.3, 0.4) is 0 Å². The minimum absolute atomic E-state index is 0.291. The van der Waals surface area contributed by atoms with Crippen LogP contribution in [0, 0.1) is 5.82 Å². The quantitative estimate of drug-likeness (QED) is 0.593. The summed E-state index contributed by atoms with van der Waals surface area (Å²) in [5.41, 5.74) is 1.67.